The van der Waals surface area contributed by atoms with Crippen LogP contribution < -0.4 is 15.8 Å². The lowest BCUT2D eigenvalue weighted by atomic mass is 9.94. The third-order valence-electron chi connectivity index (χ3n) is 4.66. The van der Waals surface area contributed by atoms with Crippen LogP contribution in [0.3, 0.4) is 0 Å². The molecular formula is C18H27N3O. The molecule has 3 N–H and O–H groups in total. The fourth-order valence-electron chi connectivity index (χ4n) is 3.44. The molecule has 1 aliphatic carbocycles. The molecule has 1 fully saturated rings. The van der Waals surface area contributed by atoms with Crippen LogP contribution in [-0.4, -0.2) is 19.1 Å². The van der Waals surface area contributed by atoms with Crippen molar-refractivity contribution in [2.45, 2.75) is 45.6 Å². The van der Waals surface area contributed by atoms with E-state index in [1.165, 1.54) is 24.8 Å². The van der Waals surface area contributed by atoms with E-state index in [-0.39, 0.29) is 6.04 Å². The zero-order valence-electron chi connectivity index (χ0n) is 13.6. The van der Waals surface area contributed by atoms with E-state index in [1.54, 1.807) is 0 Å². The van der Waals surface area contributed by atoms with Crippen molar-refractivity contribution in [3.8, 4) is 5.75 Å². The summed E-state index contributed by atoms with van der Waals surface area (Å²) < 4.78 is 5.68. The predicted molar refractivity (Wildman–Crippen MR) is 90.0 cm³/mol. The highest BCUT2D eigenvalue weighted by Crippen LogP contribution is 2.50. The molecule has 0 amide bonds. The molecule has 120 valence electrons. The first-order valence-corrected chi connectivity index (χ1v) is 8.36. The summed E-state index contributed by atoms with van der Waals surface area (Å²) >= 11 is 0. The summed E-state index contributed by atoms with van der Waals surface area (Å²) in [7, 11) is 0. The lowest BCUT2D eigenvalue weighted by Crippen LogP contribution is -2.37. The van der Waals surface area contributed by atoms with Crippen LogP contribution in [0, 0.1) is 11.3 Å². The van der Waals surface area contributed by atoms with Crippen LogP contribution in [0.1, 0.15) is 51.1 Å². The van der Waals surface area contributed by atoms with E-state index >= 15 is 0 Å². The zero-order valence-corrected chi connectivity index (χ0v) is 13.6. The monoisotopic (exact) mass is 301 g/mol. The molecule has 4 nitrogen and oxygen atoms in total. The summed E-state index contributed by atoms with van der Waals surface area (Å²) in [6, 6.07) is 8.35. The van der Waals surface area contributed by atoms with Gasteiger partial charge in [-0.3, -0.25) is 4.99 Å². The maximum Gasteiger partial charge on any atom is 0.189 e. The van der Waals surface area contributed by atoms with Crippen molar-refractivity contribution in [2.24, 2.45) is 22.1 Å². The van der Waals surface area contributed by atoms with Crippen molar-refractivity contribution in [1.82, 2.24) is 5.32 Å². The van der Waals surface area contributed by atoms with E-state index in [0.717, 1.165) is 31.2 Å². The molecule has 1 aromatic rings. The molecule has 1 aliphatic heterocycles. The maximum absolute atomic E-state index is 6.13. The molecule has 1 atom stereocenters. The lowest BCUT2D eigenvalue weighted by Gasteiger charge is -2.27. The third-order valence-corrected chi connectivity index (χ3v) is 4.66. The normalized spacial score (nSPS) is 22.9. The summed E-state index contributed by atoms with van der Waals surface area (Å²) in [6.07, 6.45) is 4.76. The Morgan fingerprint density at radius 1 is 1.41 bits per heavy atom. The molecule has 0 radical (unpaired) electrons. The first kappa shape index (κ1) is 15.2. The van der Waals surface area contributed by atoms with Gasteiger partial charge < -0.3 is 15.8 Å². The van der Waals surface area contributed by atoms with Gasteiger partial charge in [-0.1, -0.05) is 32.0 Å². The van der Waals surface area contributed by atoms with E-state index in [2.05, 4.69) is 30.2 Å². The second-order valence-corrected chi connectivity index (χ2v) is 7.17. The van der Waals surface area contributed by atoms with Gasteiger partial charge in [0.25, 0.3) is 0 Å². The summed E-state index contributed by atoms with van der Waals surface area (Å²) in [6.45, 7) is 6.14. The van der Waals surface area contributed by atoms with E-state index in [4.69, 9.17) is 10.5 Å². The Balaban J connectivity index is 1.60. The number of para-hydroxylation sites is 1. The number of benzene rings is 1. The SMILES string of the molecule is CC(C)CC1(CN=C(N)NC2CCOc3ccccc32)CC1. The predicted octanol–water partition coefficient (Wildman–Crippen LogP) is 3.24. The Labute approximate surface area is 133 Å². The standard InChI is InChI=1S/C18H27N3O/c1-13(2)11-18(8-9-18)12-20-17(19)21-15-7-10-22-16-6-4-3-5-14(15)16/h3-6,13,15H,7-12H2,1-2H3,(H3,19,20,21). The van der Waals surface area contributed by atoms with Gasteiger partial charge in [-0.2, -0.15) is 0 Å². The molecule has 1 unspecified atom stereocenters. The molecule has 4 heteroatoms. The van der Waals surface area contributed by atoms with Gasteiger partial charge in [0.1, 0.15) is 5.75 Å². The van der Waals surface area contributed by atoms with Gasteiger partial charge in [-0.05, 0) is 36.7 Å². The number of nitrogens with zero attached hydrogens (tertiary/aromatic N) is 1. The minimum atomic E-state index is 0.203. The molecule has 1 aromatic carbocycles. The summed E-state index contributed by atoms with van der Waals surface area (Å²) in [5, 5.41) is 3.38. The van der Waals surface area contributed by atoms with E-state index in [1.807, 2.05) is 18.2 Å². The second kappa shape index (κ2) is 6.19. The smallest absolute Gasteiger partial charge is 0.189 e. The first-order chi connectivity index (χ1) is 10.6. The number of nitrogens with two attached hydrogens (primary N) is 1. The highest BCUT2D eigenvalue weighted by Gasteiger charge is 2.42. The number of hydrogen-bond acceptors (Lipinski definition) is 2. The van der Waals surface area contributed by atoms with Crippen LogP contribution in [0.15, 0.2) is 29.3 Å². The number of rotatable bonds is 5. The number of nitrogens with one attached hydrogen (secondary N) is 1. The number of aliphatic imine (C=N–C) groups is 1. The minimum absolute atomic E-state index is 0.203. The molecule has 1 saturated carbocycles. The Bertz CT molecular complexity index is 549. The summed E-state index contributed by atoms with van der Waals surface area (Å²) in [4.78, 5) is 4.62. The minimum Gasteiger partial charge on any atom is -0.493 e. The highest BCUT2D eigenvalue weighted by atomic mass is 16.5. The van der Waals surface area contributed by atoms with Crippen LogP contribution in [0.2, 0.25) is 0 Å². The van der Waals surface area contributed by atoms with Crippen LogP contribution in [0.4, 0.5) is 0 Å². The van der Waals surface area contributed by atoms with Crippen LogP contribution in [-0.2, 0) is 0 Å². The van der Waals surface area contributed by atoms with Crippen molar-refractivity contribution >= 4 is 5.96 Å². The number of hydrogen-bond donors (Lipinski definition) is 2. The molecule has 1 heterocycles. The van der Waals surface area contributed by atoms with Gasteiger partial charge in [0.05, 0.1) is 12.6 Å². The number of guanidine groups is 1. The zero-order chi connectivity index (χ0) is 15.6. The summed E-state index contributed by atoms with van der Waals surface area (Å²) in [5.74, 6) is 2.25. The Kier molecular flexibility index (Phi) is 4.27. The van der Waals surface area contributed by atoms with E-state index in [0.29, 0.717) is 11.4 Å². The third kappa shape index (κ3) is 3.54. The largest absolute Gasteiger partial charge is 0.493 e. The highest BCUT2D eigenvalue weighted by molar-refractivity contribution is 5.78. The van der Waals surface area contributed by atoms with E-state index < -0.39 is 0 Å². The first-order valence-electron chi connectivity index (χ1n) is 8.36. The molecule has 2 aliphatic rings. The average Bonchev–Trinajstić information content (AvgIpc) is 3.25. The number of ether oxygens (including phenoxy) is 1. The molecule has 0 spiro atoms. The van der Waals surface area contributed by atoms with Crippen molar-refractivity contribution in [1.29, 1.82) is 0 Å². The molecule has 0 aromatic heterocycles. The quantitative estimate of drug-likeness (QED) is 0.648. The van der Waals surface area contributed by atoms with Gasteiger partial charge in [-0.15, -0.1) is 0 Å². The van der Waals surface area contributed by atoms with E-state index in [9.17, 15) is 0 Å². The molecule has 0 bridgehead atoms. The maximum atomic E-state index is 6.13. The summed E-state index contributed by atoms with van der Waals surface area (Å²) in [5.41, 5.74) is 7.73. The lowest BCUT2D eigenvalue weighted by molar-refractivity contribution is 0.262. The van der Waals surface area contributed by atoms with Crippen molar-refractivity contribution in [2.75, 3.05) is 13.2 Å². The van der Waals surface area contributed by atoms with Crippen LogP contribution in [0.5, 0.6) is 5.75 Å². The fourth-order valence-corrected chi connectivity index (χ4v) is 3.44. The Morgan fingerprint density at radius 2 is 2.18 bits per heavy atom. The van der Waals surface area contributed by atoms with Gasteiger partial charge in [-0.25, -0.2) is 0 Å². The van der Waals surface area contributed by atoms with Crippen LogP contribution in [0.25, 0.3) is 0 Å². The Morgan fingerprint density at radius 3 is 2.91 bits per heavy atom. The van der Waals surface area contributed by atoms with Gasteiger partial charge in [0.2, 0.25) is 0 Å². The van der Waals surface area contributed by atoms with Crippen molar-refractivity contribution in [3.05, 3.63) is 29.8 Å². The molecule has 22 heavy (non-hydrogen) atoms. The Hall–Kier alpha value is -1.71. The fraction of sp³-hybridized carbons (Fsp3) is 0.611. The second-order valence-electron chi connectivity index (χ2n) is 7.17. The molecule has 0 saturated heterocycles. The molecular weight excluding hydrogens is 274 g/mol. The van der Waals surface area contributed by atoms with Crippen molar-refractivity contribution in [3.63, 3.8) is 0 Å². The molecule has 3 rings (SSSR count). The van der Waals surface area contributed by atoms with Gasteiger partial charge in [0, 0.05) is 18.5 Å². The van der Waals surface area contributed by atoms with Crippen LogP contribution >= 0.6 is 0 Å². The average molecular weight is 301 g/mol. The topological polar surface area (TPSA) is 59.6 Å². The van der Waals surface area contributed by atoms with Gasteiger partial charge >= 0.3 is 0 Å². The van der Waals surface area contributed by atoms with Gasteiger partial charge in [0.15, 0.2) is 5.96 Å². The number of fused-ring (bicyclic) bond motifs is 1. The van der Waals surface area contributed by atoms with Crippen molar-refractivity contribution < 1.29 is 4.74 Å².